The molecule has 0 atom stereocenters. The number of ether oxygens (including phenoxy) is 2. The molecule has 0 fully saturated rings. The number of carbonyl (C=O) groups is 2. The Morgan fingerprint density at radius 2 is 1.96 bits per heavy atom. The third-order valence-corrected chi connectivity index (χ3v) is 3.42. The van der Waals surface area contributed by atoms with Crippen LogP contribution in [0.2, 0.25) is 5.02 Å². The van der Waals surface area contributed by atoms with E-state index in [1.165, 1.54) is 25.3 Å². The van der Waals surface area contributed by atoms with Crippen molar-refractivity contribution >= 4 is 23.5 Å². The SMILES string of the molecule is COc1ccccc1C(=O)OCC(=O)NCc1ccc(F)c(Cl)c1. The summed E-state index contributed by atoms with van der Waals surface area (Å²) in [6.45, 7) is -0.295. The Kier molecular flexibility index (Phi) is 6.14. The molecule has 0 aliphatic carbocycles. The van der Waals surface area contributed by atoms with Crippen molar-refractivity contribution < 1.29 is 23.5 Å². The van der Waals surface area contributed by atoms with Crippen LogP contribution in [0.15, 0.2) is 42.5 Å². The highest BCUT2D eigenvalue weighted by molar-refractivity contribution is 6.30. The maximum atomic E-state index is 13.0. The Hall–Kier alpha value is -2.60. The summed E-state index contributed by atoms with van der Waals surface area (Å²) in [7, 11) is 1.44. The highest BCUT2D eigenvalue weighted by Gasteiger charge is 2.14. The number of rotatable bonds is 6. The summed E-state index contributed by atoms with van der Waals surface area (Å²) in [4.78, 5) is 23.7. The molecule has 5 nitrogen and oxygen atoms in total. The van der Waals surface area contributed by atoms with Gasteiger partial charge in [-0.3, -0.25) is 4.79 Å². The van der Waals surface area contributed by atoms with E-state index in [1.54, 1.807) is 24.3 Å². The molecule has 2 aromatic rings. The minimum absolute atomic E-state index is 0.0238. The predicted molar refractivity (Wildman–Crippen MR) is 86.5 cm³/mol. The number of benzene rings is 2. The fourth-order valence-corrected chi connectivity index (χ4v) is 2.13. The van der Waals surface area contributed by atoms with Crippen LogP contribution in [0, 0.1) is 5.82 Å². The Balaban J connectivity index is 1.84. The summed E-state index contributed by atoms with van der Waals surface area (Å²) >= 11 is 5.66. The predicted octanol–water partition coefficient (Wildman–Crippen LogP) is 2.96. The standard InChI is InChI=1S/C17H15ClFNO4/c1-23-15-5-3-2-4-12(15)17(22)24-10-16(21)20-9-11-6-7-14(19)13(18)8-11/h2-8H,9-10H2,1H3,(H,20,21). The molecule has 0 bridgehead atoms. The number of hydrogen-bond acceptors (Lipinski definition) is 4. The van der Waals surface area contributed by atoms with Crippen LogP contribution in [0.3, 0.4) is 0 Å². The van der Waals surface area contributed by atoms with Crippen molar-refractivity contribution in [3.05, 3.63) is 64.4 Å². The molecule has 0 saturated heterocycles. The molecule has 1 N–H and O–H groups in total. The molecule has 0 heterocycles. The maximum absolute atomic E-state index is 13.0. The molecule has 0 radical (unpaired) electrons. The zero-order chi connectivity index (χ0) is 17.5. The summed E-state index contributed by atoms with van der Waals surface area (Å²) in [5, 5.41) is 2.53. The maximum Gasteiger partial charge on any atom is 0.342 e. The zero-order valence-corrected chi connectivity index (χ0v) is 13.6. The van der Waals surface area contributed by atoms with Crippen LogP contribution < -0.4 is 10.1 Å². The van der Waals surface area contributed by atoms with Crippen LogP contribution in [-0.2, 0) is 16.1 Å². The highest BCUT2D eigenvalue weighted by atomic mass is 35.5. The average molecular weight is 352 g/mol. The van der Waals surface area contributed by atoms with Crippen LogP contribution in [0.4, 0.5) is 4.39 Å². The normalized spacial score (nSPS) is 10.1. The van der Waals surface area contributed by atoms with Crippen LogP contribution in [0.1, 0.15) is 15.9 Å². The van der Waals surface area contributed by atoms with Crippen molar-refractivity contribution in [1.82, 2.24) is 5.32 Å². The van der Waals surface area contributed by atoms with E-state index < -0.39 is 24.3 Å². The van der Waals surface area contributed by atoms with E-state index in [4.69, 9.17) is 21.1 Å². The lowest BCUT2D eigenvalue weighted by atomic mass is 10.2. The summed E-state index contributed by atoms with van der Waals surface area (Å²) < 4.78 is 23.0. The second-order valence-electron chi connectivity index (χ2n) is 4.80. The molecule has 126 valence electrons. The number of hydrogen-bond donors (Lipinski definition) is 1. The summed E-state index contributed by atoms with van der Waals surface area (Å²) in [6, 6.07) is 10.7. The van der Waals surface area contributed by atoms with Gasteiger partial charge in [-0.2, -0.15) is 0 Å². The number of nitrogens with one attached hydrogen (secondary N) is 1. The first-order valence-electron chi connectivity index (χ1n) is 7.02. The van der Waals surface area contributed by atoms with Gasteiger partial charge in [0.15, 0.2) is 6.61 Å². The van der Waals surface area contributed by atoms with E-state index in [0.717, 1.165) is 0 Å². The molecule has 0 aromatic heterocycles. The lowest BCUT2D eigenvalue weighted by molar-refractivity contribution is -0.124. The van der Waals surface area contributed by atoms with Gasteiger partial charge in [0.2, 0.25) is 0 Å². The van der Waals surface area contributed by atoms with E-state index >= 15 is 0 Å². The molecule has 2 rings (SSSR count). The molecule has 1 amide bonds. The van der Waals surface area contributed by atoms with Crippen molar-refractivity contribution in [2.45, 2.75) is 6.54 Å². The van der Waals surface area contributed by atoms with Crippen molar-refractivity contribution in [1.29, 1.82) is 0 Å². The van der Waals surface area contributed by atoms with Crippen LogP contribution in [0.5, 0.6) is 5.75 Å². The lowest BCUT2D eigenvalue weighted by Crippen LogP contribution is -2.28. The summed E-state index contributed by atoms with van der Waals surface area (Å²) in [5.74, 6) is -1.31. The van der Waals surface area contributed by atoms with Crippen molar-refractivity contribution in [2.75, 3.05) is 13.7 Å². The first kappa shape index (κ1) is 17.7. The largest absolute Gasteiger partial charge is 0.496 e. The molecule has 7 heteroatoms. The molecule has 0 aliphatic rings. The summed E-state index contributed by atoms with van der Waals surface area (Å²) in [6.07, 6.45) is 0. The lowest BCUT2D eigenvalue weighted by Gasteiger charge is -2.09. The van der Waals surface area contributed by atoms with Gasteiger partial charge < -0.3 is 14.8 Å². The van der Waals surface area contributed by atoms with Gasteiger partial charge in [0, 0.05) is 6.54 Å². The smallest absolute Gasteiger partial charge is 0.342 e. The molecule has 0 unspecified atom stereocenters. The van der Waals surface area contributed by atoms with E-state index in [1.807, 2.05) is 0 Å². The van der Waals surface area contributed by atoms with Crippen molar-refractivity contribution in [3.63, 3.8) is 0 Å². The van der Waals surface area contributed by atoms with E-state index in [2.05, 4.69) is 5.32 Å². The van der Waals surface area contributed by atoms with Crippen LogP contribution in [0.25, 0.3) is 0 Å². The van der Waals surface area contributed by atoms with Gasteiger partial charge in [0.25, 0.3) is 5.91 Å². The number of carbonyl (C=O) groups excluding carboxylic acids is 2. The number of esters is 1. The minimum atomic E-state index is -0.660. The Morgan fingerprint density at radius 3 is 2.67 bits per heavy atom. The Bertz CT molecular complexity index is 751. The number of amides is 1. The van der Waals surface area contributed by atoms with Gasteiger partial charge in [0.1, 0.15) is 17.1 Å². The molecular formula is C17H15ClFNO4. The number of methoxy groups -OCH3 is 1. The Labute approximate surface area is 143 Å². The minimum Gasteiger partial charge on any atom is -0.496 e. The van der Waals surface area contributed by atoms with Crippen LogP contribution in [-0.4, -0.2) is 25.6 Å². The molecule has 0 spiro atoms. The average Bonchev–Trinajstić information content (AvgIpc) is 2.60. The Morgan fingerprint density at radius 1 is 1.21 bits per heavy atom. The second-order valence-corrected chi connectivity index (χ2v) is 5.21. The van der Waals surface area contributed by atoms with E-state index in [-0.39, 0.29) is 17.1 Å². The van der Waals surface area contributed by atoms with Gasteiger partial charge in [-0.15, -0.1) is 0 Å². The quantitative estimate of drug-likeness (QED) is 0.813. The fourth-order valence-electron chi connectivity index (χ4n) is 1.92. The molecular weight excluding hydrogens is 337 g/mol. The van der Waals surface area contributed by atoms with Crippen LogP contribution >= 0.6 is 11.6 Å². The van der Waals surface area contributed by atoms with E-state index in [0.29, 0.717) is 11.3 Å². The number of para-hydroxylation sites is 1. The van der Waals surface area contributed by atoms with E-state index in [9.17, 15) is 14.0 Å². The molecule has 0 aliphatic heterocycles. The van der Waals surface area contributed by atoms with Crippen molar-refractivity contribution in [2.24, 2.45) is 0 Å². The fraction of sp³-hybridized carbons (Fsp3) is 0.176. The third-order valence-electron chi connectivity index (χ3n) is 3.13. The van der Waals surface area contributed by atoms with Gasteiger partial charge in [-0.1, -0.05) is 29.8 Å². The highest BCUT2D eigenvalue weighted by Crippen LogP contribution is 2.18. The first-order chi connectivity index (χ1) is 11.5. The molecule has 24 heavy (non-hydrogen) atoms. The van der Waals surface area contributed by atoms with Gasteiger partial charge in [-0.05, 0) is 29.8 Å². The topological polar surface area (TPSA) is 64.6 Å². The monoisotopic (exact) mass is 351 g/mol. The zero-order valence-electron chi connectivity index (χ0n) is 12.8. The van der Waals surface area contributed by atoms with Crippen molar-refractivity contribution in [3.8, 4) is 5.75 Å². The van der Waals surface area contributed by atoms with Gasteiger partial charge in [-0.25, -0.2) is 9.18 Å². The summed E-state index contributed by atoms with van der Waals surface area (Å²) in [5.41, 5.74) is 0.865. The van der Waals surface area contributed by atoms with Gasteiger partial charge >= 0.3 is 5.97 Å². The first-order valence-corrected chi connectivity index (χ1v) is 7.40. The molecule has 0 saturated carbocycles. The van der Waals surface area contributed by atoms with Gasteiger partial charge in [0.05, 0.1) is 12.1 Å². The number of halogens is 2. The third kappa shape index (κ3) is 4.70. The molecule has 2 aromatic carbocycles. The second kappa shape index (κ2) is 8.31.